The summed E-state index contributed by atoms with van der Waals surface area (Å²) < 4.78 is 38.0. The van der Waals surface area contributed by atoms with Crippen LogP contribution in [0.5, 0.6) is 0 Å². The lowest BCUT2D eigenvalue weighted by Gasteiger charge is -2.41. The van der Waals surface area contributed by atoms with Crippen molar-refractivity contribution < 1.29 is 32.8 Å². The molecule has 0 radical (unpaired) electrons. The largest absolute Gasteiger partial charge is 0.481 e. The highest BCUT2D eigenvalue weighted by Crippen LogP contribution is 2.36. The summed E-state index contributed by atoms with van der Waals surface area (Å²) in [5.74, 6) is -1.45. The molecule has 0 unspecified atom stereocenters. The van der Waals surface area contributed by atoms with Gasteiger partial charge in [0.25, 0.3) is 5.69 Å². The molecule has 27 heavy (non-hydrogen) atoms. The van der Waals surface area contributed by atoms with Crippen LogP contribution in [0.15, 0.2) is 18.2 Å². The molecule has 11 heteroatoms. The summed E-state index contributed by atoms with van der Waals surface area (Å²) in [6.07, 6.45) is -3.07. The fourth-order valence-corrected chi connectivity index (χ4v) is 2.92. The first kappa shape index (κ1) is 20.5. The van der Waals surface area contributed by atoms with Crippen molar-refractivity contribution in [3.8, 4) is 0 Å². The number of nitrogens with one attached hydrogen (secondary N) is 2. The number of alkyl halides is 3. The predicted octanol–water partition coefficient (Wildman–Crippen LogP) is 2.93. The number of rotatable bonds is 8. The molecular formula is C16H18F3N3O5. The minimum Gasteiger partial charge on any atom is -0.481 e. The Labute approximate surface area is 151 Å². The number of hydrogen-bond donors (Lipinski definition) is 3. The van der Waals surface area contributed by atoms with Crippen molar-refractivity contribution in [2.24, 2.45) is 0 Å². The Kier molecular flexibility index (Phi) is 5.91. The van der Waals surface area contributed by atoms with E-state index in [0.717, 1.165) is 12.5 Å². The summed E-state index contributed by atoms with van der Waals surface area (Å²) in [7, 11) is 0. The second-order valence-corrected chi connectivity index (χ2v) is 6.42. The molecule has 0 aromatic heterocycles. The number of carboxylic acid groups (broad SMARTS) is 1. The summed E-state index contributed by atoms with van der Waals surface area (Å²) in [5.41, 5.74) is -2.78. The molecule has 2 rings (SSSR count). The third-order valence-corrected chi connectivity index (χ3v) is 4.39. The summed E-state index contributed by atoms with van der Waals surface area (Å²) in [6.45, 7) is -0.0544. The number of carbonyl (C=O) groups is 2. The van der Waals surface area contributed by atoms with Crippen LogP contribution in [0.2, 0.25) is 0 Å². The highest BCUT2D eigenvalue weighted by molar-refractivity contribution is 5.79. The molecule has 1 aromatic rings. The zero-order chi connectivity index (χ0) is 20.2. The van der Waals surface area contributed by atoms with Crippen molar-refractivity contribution in [3.63, 3.8) is 0 Å². The van der Waals surface area contributed by atoms with E-state index in [1.165, 1.54) is 0 Å². The molecule has 1 aliphatic carbocycles. The minimum absolute atomic E-state index is 0.0544. The van der Waals surface area contributed by atoms with Gasteiger partial charge in [-0.1, -0.05) is 0 Å². The molecule has 0 aliphatic heterocycles. The maximum absolute atomic E-state index is 12.7. The van der Waals surface area contributed by atoms with Gasteiger partial charge in [-0.3, -0.25) is 19.7 Å². The van der Waals surface area contributed by atoms with Gasteiger partial charge >= 0.3 is 12.1 Å². The number of nitrogens with zero attached hydrogens (tertiary/aromatic N) is 1. The smallest absolute Gasteiger partial charge is 0.416 e. The second kappa shape index (κ2) is 7.80. The fraction of sp³-hybridized carbons (Fsp3) is 0.500. The Balaban J connectivity index is 1.95. The van der Waals surface area contributed by atoms with E-state index in [4.69, 9.17) is 5.11 Å². The van der Waals surface area contributed by atoms with Crippen molar-refractivity contribution >= 4 is 23.3 Å². The lowest BCUT2D eigenvalue weighted by Crippen LogP contribution is -2.54. The predicted molar refractivity (Wildman–Crippen MR) is 88.2 cm³/mol. The minimum atomic E-state index is -4.70. The number of aliphatic carboxylic acids is 1. The van der Waals surface area contributed by atoms with E-state index >= 15 is 0 Å². The lowest BCUT2D eigenvalue weighted by atomic mass is 9.74. The quantitative estimate of drug-likeness (QED) is 0.464. The van der Waals surface area contributed by atoms with Crippen molar-refractivity contribution in [1.82, 2.24) is 5.32 Å². The highest BCUT2D eigenvalue weighted by atomic mass is 19.4. The van der Waals surface area contributed by atoms with Gasteiger partial charge in [-0.15, -0.1) is 0 Å². The zero-order valence-corrected chi connectivity index (χ0v) is 14.1. The van der Waals surface area contributed by atoms with Gasteiger partial charge in [0.2, 0.25) is 5.91 Å². The molecule has 1 amide bonds. The summed E-state index contributed by atoms with van der Waals surface area (Å²) in [6, 6.07) is 2.08. The molecule has 0 heterocycles. The van der Waals surface area contributed by atoms with Crippen molar-refractivity contribution in [1.29, 1.82) is 0 Å². The molecule has 0 bridgehead atoms. The van der Waals surface area contributed by atoms with Gasteiger partial charge in [-0.2, -0.15) is 13.2 Å². The Morgan fingerprint density at radius 2 is 1.96 bits per heavy atom. The monoisotopic (exact) mass is 389 g/mol. The van der Waals surface area contributed by atoms with Gasteiger partial charge in [0.15, 0.2) is 0 Å². The summed E-state index contributed by atoms with van der Waals surface area (Å²) >= 11 is 0. The highest BCUT2D eigenvalue weighted by Gasteiger charge is 2.40. The number of amides is 1. The first-order valence-corrected chi connectivity index (χ1v) is 8.15. The van der Waals surface area contributed by atoms with Crippen LogP contribution in [0.25, 0.3) is 0 Å². The van der Waals surface area contributed by atoms with E-state index in [1.807, 2.05) is 0 Å². The average molecular weight is 389 g/mol. The third-order valence-electron chi connectivity index (χ3n) is 4.39. The molecule has 0 spiro atoms. The Morgan fingerprint density at radius 1 is 1.30 bits per heavy atom. The normalized spacial score (nSPS) is 15.5. The molecule has 1 fully saturated rings. The molecule has 148 valence electrons. The van der Waals surface area contributed by atoms with Crippen LogP contribution in [-0.4, -0.2) is 34.0 Å². The van der Waals surface area contributed by atoms with Crippen molar-refractivity contribution in [2.45, 2.75) is 43.8 Å². The number of carbonyl (C=O) groups excluding carboxylic acids is 1. The molecule has 0 atom stereocenters. The topological polar surface area (TPSA) is 122 Å². The Morgan fingerprint density at radius 3 is 2.44 bits per heavy atom. The van der Waals surface area contributed by atoms with Crippen molar-refractivity contribution in [3.05, 3.63) is 33.9 Å². The Bertz CT molecular complexity index is 747. The standard InChI is InChI=1S/C16H18F3N3O5/c17-16(18,19)10-2-3-11(12(8-10)22(26)27)20-7-4-13(23)21-15(5-1-6-15)9-14(24)25/h2-3,8,20H,1,4-7,9H2,(H,21,23)(H,24,25). The van der Waals surface area contributed by atoms with Crippen LogP contribution < -0.4 is 10.6 Å². The number of anilines is 1. The van der Waals surface area contributed by atoms with E-state index in [1.54, 1.807) is 0 Å². The first-order chi connectivity index (χ1) is 12.5. The maximum Gasteiger partial charge on any atom is 0.416 e. The maximum atomic E-state index is 12.7. The van der Waals surface area contributed by atoms with E-state index in [2.05, 4.69) is 10.6 Å². The van der Waals surface area contributed by atoms with E-state index in [-0.39, 0.29) is 25.1 Å². The van der Waals surface area contributed by atoms with Gasteiger partial charge in [0.05, 0.1) is 22.4 Å². The van der Waals surface area contributed by atoms with Gasteiger partial charge in [0, 0.05) is 19.0 Å². The third kappa shape index (κ3) is 5.31. The van der Waals surface area contributed by atoms with Crippen LogP contribution >= 0.6 is 0 Å². The Hall–Kier alpha value is -2.85. The SMILES string of the molecule is O=C(O)CC1(NC(=O)CCNc2ccc(C(F)(F)F)cc2[N+](=O)[O-])CCC1. The summed E-state index contributed by atoms with van der Waals surface area (Å²) in [4.78, 5) is 32.9. The number of nitro benzene ring substituents is 1. The number of nitro groups is 1. The van der Waals surface area contributed by atoms with Gasteiger partial charge in [-0.05, 0) is 31.4 Å². The van der Waals surface area contributed by atoms with Crippen LogP contribution in [0.3, 0.4) is 0 Å². The average Bonchev–Trinajstić information content (AvgIpc) is 2.51. The van der Waals surface area contributed by atoms with Gasteiger partial charge < -0.3 is 15.7 Å². The van der Waals surface area contributed by atoms with Crippen LogP contribution in [0, 0.1) is 10.1 Å². The number of hydrogen-bond acceptors (Lipinski definition) is 5. The fourth-order valence-electron chi connectivity index (χ4n) is 2.92. The van der Waals surface area contributed by atoms with E-state index < -0.39 is 39.8 Å². The van der Waals surface area contributed by atoms with Crippen LogP contribution in [0.4, 0.5) is 24.5 Å². The van der Waals surface area contributed by atoms with Crippen LogP contribution in [-0.2, 0) is 15.8 Å². The summed E-state index contributed by atoms with van der Waals surface area (Å²) in [5, 5.41) is 25.2. The van der Waals surface area contributed by atoms with Crippen molar-refractivity contribution in [2.75, 3.05) is 11.9 Å². The van der Waals surface area contributed by atoms with Crippen LogP contribution in [0.1, 0.15) is 37.7 Å². The first-order valence-electron chi connectivity index (χ1n) is 8.15. The van der Waals surface area contributed by atoms with E-state index in [0.29, 0.717) is 25.0 Å². The number of carboxylic acids is 1. The molecule has 8 nitrogen and oxygen atoms in total. The van der Waals surface area contributed by atoms with E-state index in [9.17, 15) is 32.9 Å². The van der Waals surface area contributed by atoms with Gasteiger partial charge in [0.1, 0.15) is 5.69 Å². The number of halogens is 3. The molecule has 0 saturated heterocycles. The molecule has 1 aromatic carbocycles. The lowest BCUT2D eigenvalue weighted by molar-refractivity contribution is -0.384. The van der Waals surface area contributed by atoms with Gasteiger partial charge in [-0.25, -0.2) is 0 Å². The molecule has 1 saturated carbocycles. The zero-order valence-electron chi connectivity index (χ0n) is 14.1. The molecular weight excluding hydrogens is 371 g/mol. The molecule has 1 aliphatic rings. The second-order valence-electron chi connectivity index (χ2n) is 6.42. The molecule has 3 N–H and O–H groups in total. The number of benzene rings is 1.